The third-order valence-corrected chi connectivity index (χ3v) is 1.69. The highest BCUT2D eigenvalue weighted by molar-refractivity contribution is 14.1. The van der Waals surface area contributed by atoms with Crippen LogP contribution in [0, 0.1) is 9.39 Å². The summed E-state index contributed by atoms with van der Waals surface area (Å²) < 4.78 is 12.7. The van der Waals surface area contributed by atoms with Crippen LogP contribution in [0.1, 0.15) is 0 Å². The topological polar surface area (TPSA) is 32.9 Å². The number of hydrogen-bond acceptors (Lipinski definition) is 1. The highest BCUT2D eigenvalue weighted by atomic mass is 127. The van der Waals surface area contributed by atoms with Gasteiger partial charge in [0.15, 0.2) is 0 Å². The fourth-order valence-electron chi connectivity index (χ4n) is 0.436. The minimum Gasteiger partial charge on any atom is -0.327 e. The van der Waals surface area contributed by atoms with E-state index < -0.39 is 11.4 Å². The second kappa shape index (κ2) is 2.47. The van der Waals surface area contributed by atoms with E-state index in [1.807, 2.05) is 0 Å². The number of aromatic amines is 1. The minimum absolute atomic E-state index is 0.344. The lowest BCUT2D eigenvalue weighted by atomic mass is 10.5. The van der Waals surface area contributed by atoms with Gasteiger partial charge in [0.25, 0.3) is 5.56 Å². The Hall–Kier alpha value is -0.390. The van der Waals surface area contributed by atoms with Gasteiger partial charge in [0, 0.05) is 6.20 Å². The molecule has 0 unspecified atom stereocenters. The third-order valence-electron chi connectivity index (χ3n) is 0.853. The maximum absolute atomic E-state index is 12.4. The standard InChI is InChI=1S/C5H3FINO/c6-4-3(7)1-2-8-5(4)9/h1-2H,(H,8,9). The van der Waals surface area contributed by atoms with Crippen LogP contribution in [0.4, 0.5) is 4.39 Å². The average molecular weight is 239 g/mol. The fraction of sp³-hybridized carbons (Fsp3) is 0. The number of pyridine rings is 1. The molecule has 9 heavy (non-hydrogen) atoms. The normalized spacial score (nSPS) is 9.56. The molecule has 1 N–H and O–H groups in total. The molecule has 0 fully saturated rings. The van der Waals surface area contributed by atoms with Gasteiger partial charge in [0.1, 0.15) is 0 Å². The molecule has 0 saturated heterocycles. The molecule has 48 valence electrons. The third kappa shape index (κ3) is 1.29. The molecule has 4 heteroatoms. The monoisotopic (exact) mass is 239 g/mol. The number of rotatable bonds is 0. The molecule has 0 aliphatic rings. The SMILES string of the molecule is O=c1[nH]ccc(I)c1F. The number of H-pyrrole nitrogens is 1. The van der Waals surface area contributed by atoms with Crippen molar-refractivity contribution in [3.63, 3.8) is 0 Å². The molecule has 0 aliphatic heterocycles. The number of nitrogens with one attached hydrogen (secondary N) is 1. The summed E-state index contributed by atoms with van der Waals surface area (Å²) in [4.78, 5) is 12.6. The van der Waals surface area contributed by atoms with Crippen molar-refractivity contribution < 1.29 is 4.39 Å². The highest BCUT2D eigenvalue weighted by Crippen LogP contribution is 2.02. The van der Waals surface area contributed by atoms with Crippen LogP contribution in [-0.2, 0) is 0 Å². The zero-order chi connectivity index (χ0) is 6.85. The predicted molar refractivity (Wildman–Crippen MR) is 39.7 cm³/mol. The lowest BCUT2D eigenvalue weighted by molar-refractivity contribution is 0.601. The summed E-state index contributed by atoms with van der Waals surface area (Å²) in [6.07, 6.45) is 1.41. The molecule has 0 aromatic carbocycles. The van der Waals surface area contributed by atoms with Crippen molar-refractivity contribution >= 4 is 22.6 Å². The zero-order valence-corrected chi connectivity index (χ0v) is 6.48. The lowest BCUT2D eigenvalue weighted by Crippen LogP contribution is -2.10. The van der Waals surface area contributed by atoms with E-state index in [0.29, 0.717) is 3.57 Å². The van der Waals surface area contributed by atoms with Gasteiger partial charge in [-0.3, -0.25) is 4.79 Å². The lowest BCUT2D eigenvalue weighted by Gasteiger charge is -1.87. The quantitative estimate of drug-likeness (QED) is 0.676. The van der Waals surface area contributed by atoms with Crippen molar-refractivity contribution in [1.29, 1.82) is 0 Å². The van der Waals surface area contributed by atoms with Gasteiger partial charge in [0.2, 0.25) is 5.82 Å². The minimum atomic E-state index is -0.710. The van der Waals surface area contributed by atoms with E-state index in [9.17, 15) is 9.18 Å². The van der Waals surface area contributed by atoms with Crippen LogP contribution in [0.15, 0.2) is 17.1 Å². The molecule has 1 heterocycles. The Morgan fingerprint density at radius 3 is 2.78 bits per heavy atom. The fourth-order valence-corrected chi connectivity index (χ4v) is 0.860. The smallest absolute Gasteiger partial charge is 0.285 e. The summed E-state index contributed by atoms with van der Waals surface area (Å²) in [5.41, 5.74) is -0.665. The average Bonchev–Trinajstić information content (AvgIpc) is 1.83. The van der Waals surface area contributed by atoms with Gasteiger partial charge in [-0.2, -0.15) is 4.39 Å². The van der Waals surface area contributed by atoms with Crippen molar-refractivity contribution in [2.75, 3.05) is 0 Å². The first-order chi connectivity index (χ1) is 4.22. The summed E-state index contributed by atoms with van der Waals surface area (Å²) in [5, 5.41) is 0. The van der Waals surface area contributed by atoms with E-state index in [1.165, 1.54) is 12.3 Å². The second-order valence-electron chi connectivity index (χ2n) is 1.47. The van der Waals surface area contributed by atoms with E-state index in [0.717, 1.165) is 0 Å². The van der Waals surface area contributed by atoms with Crippen molar-refractivity contribution in [2.45, 2.75) is 0 Å². The molecular formula is C5H3FINO. The summed E-state index contributed by atoms with van der Waals surface area (Å²) in [7, 11) is 0. The Morgan fingerprint density at radius 1 is 1.67 bits per heavy atom. The summed E-state index contributed by atoms with van der Waals surface area (Å²) in [6.45, 7) is 0. The number of aromatic nitrogens is 1. The molecule has 1 rings (SSSR count). The maximum atomic E-state index is 12.4. The molecule has 0 saturated carbocycles. The van der Waals surface area contributed by atoms with Crippen LogP contribution in [0.2, 0.25) is 0 Å². The molecule has 1 aromatic rings. The molecular weight excluding hydrogens is 236 g/mol. The first-order valence-electron chi connectivity index (χ1n) is 2.24. The van der Waals surface area contributed by atoms with Crippen LogP contribution < -0.4 is 5.56 Å². The molecule has 0 amide bonds. The van der Waals surface area contributed by atoms with E-state index in [1.54, 1.807) is 22.6 Å². The molecule has 1 aromatic heterocycles. The van der Waals surface area contributed by atoms with E-state index in [4.69, 9.17) is 0 Å². The molecule has 0 radical (unpaired) electrons. The van der Waals surface area contributed by atoms with Crippen molar-refractivity contribution in [3.8, 4) is 0 Å². The molecule has 0 spiro atoms. The molecule has 0 bridgehead atoms. The molecule has 2 nitrogen and oxygen atoms in total. The van der Waals surface area contributed by atoms with Gasteiger partial charge in [-0.15, -0.1) is 0 Å². The van der Waals surface area contributed by atoms with Crippen LogP contribution in [-0.4, -0.2) is 4.98 Å². The van der Waals surface area contributed by atoms with Crippen molar-refractivity contribution in [1.82, 2.24) is 4.98 Å². The van der Waals surface area contributed by atoms with Crippen LogP contribution in [0.3, 0.4) is 0 Å². The second-order valence-corrected chi connectivity index (χ2v) is 2.63. The first-order valence-corrected chi connectivity index (χ1v) is 3.32. The van der Waals surface area contributed by atoms with E-state index >= 15 is 0 Å². The van der Waals surface area contributed by atoms with Gasteiger partial charge in [-0.25, -0.2) is 0 Å². The van der Waals surface area contributed by atoms with Crippen LogP contribution in [0.25, 0.3) is 0 Å². The predicted octanol–water partition coefficient (Wildman–Crippen LogP) is 1.12. The number of hydrogen-bond donors (Lipinski definition) is 1. The Kier molecular flexibility index (Phi) is 1.84. The summed E-state index contributed by atoms with van der Waals surface area (Å²) >= 11 is 1.75. The van der Waals surface area contributed by atoms with E-state index in [2.05, 4.69) is 4.98 Å². The maximum Gasteiger partial charge on any atom is 0.285 e. The van der Waals surface area contributed by atoms with Gasteiger partial charge in [-0.05, 0) is 28.7 Å². The van der Waals surface area contributed by atoms with Crippen molar-refractivity contribution in [3.05, 3.63) is 32.0 Å². The van der Waals surface area contributed by atoms with Crippen LogP contribution in [0.5, 0.6) is 0 Å². The Morgan fingerprint density at radius 2 is 2.33 bits per heavy atom. The molecule has 0 atom stereocenters. The molecule has 0 aliphatic carbocycles. The summed E-state index contributed by atoms with van der Waals surface area (Å²) in [6, 6.07) is 1.50. The summed E-state index contributed by atoms with van der Waals surface area (Å²) in [5.74, 6) is -0.710. The highest BCUT2D eigenvalue weighted by Gasteiger charge is 1.99. The van der Waals surface area contributed by atoms with Crippen molar-refractivity contribution in [2.24, 2.45) is 0 Å². The van der Waals surface area contributed by atoms with Gasteiger partial charge in [-0.1, -0.05) is 0 Å². The van der Waals surface area contributed by atoms with Gasteiger partial charge >= 0.3 is 0 Å². The Bertz CT molecular complexity index is 270. The zero-order valence-electron chi connectivity index (χ0n) is 4.32. The Labute approximate surface area is 64.2 Å². The van der Waals surface area contributed by atoms with Crippen LogP contribution >= 0.6 is 22.6 Å². The number of halogens is 2. The van der Waals surface area contributed by atoms with E-state index in [-0.39, 0.29) is 0 Å². The van der Waals surface area contributed by atoms with Gasteiger partial charge in [0.05, 0.1) is 3.57 Å². The Balaban J connectivity index is 3.43. The van der Waals surface area contributed by atoms with Gasteiger partial charge < -0.3 is 4.98 Å². The first kappa shape index (κ1) is 6.73. The largest absolute Gasteiger partial charge is 0.327 e.